The molecule has 0 saturated carbocycles. The van der Waals surface area contributed by atoms with Gasteiger partial charge in [0.1, 0.15) is 37.1 Å². The third-order valence-electron chi connectivity index (χ3n) is 5.19. The zero-order valence-corrected chi connectivity index (χ0v) is 18.4. The number of amides is 1. The Kier molecular flexibility index (Phi) is 6.02. The molecule has 0 radical (unpaired) electrons. The number of halogens is 2. The normalized spacial score (nSPS) is 20.8. The number of nitrogens with zero attached hydrogens (tertiary/aromatic N) is 4. The van der Waals surface area contributed by atoms with Crippen LogP contribution < -0.4 is 20.3 Å². The molecule has 32 heavy (non-hydrogen) atoms. The summed E-state index contributed by atoms with van der Waals surface area (Å²) < 4.78 is 23.4. The summed E-state index contributed by atoms with van der Waals surface area (Å²) in [5, 5.41) is 17.2. The Hall–Kier alpha value is -3.18. The molecular weight excluding hydrogens is 443 g/mol. The van der Waals surface area contributed by atoms with Gasteiger partial charge >= 0.3 is 6.09 Å². The van der Waals surface area contributed by atoms with Crippen LogP contribution in [0.2, 0.25) is 5.02 Å². The second kappa shape index (κ2) is 8.75. The monoisotopic (exact) mass is 464 g/mol. The predicted octanol–water partition coefficient (Wildman–Crippen LogP) is 2.76. The molecule has 1 unspecified atom stereocenters. The molecule has 1 aromatic heterocycles. The average molecular weight is 465 g/mol. The van der Waals surface area contributed by atoms with Crippen molar-refractivity contribution in [2.45, 2.75) is 32.2 Å². The van der Waals surface area contributed by atoms with Crippen molar-refractivity contribution in [3.05, 3.63) is 34.1 Å². The molecule has 2 aliphatic heterocycles. The standard InChI is InChI=1S/C20H22ClFN6O4/c1-9(13-4-11-5-14(21)16(31-3)6-15(11)26-17(13)29)23-18-24-10(2)25-19(27-18)28-12(7-22)8-32-20(28)30/h4-6,9,12,17,26,29H,7-8H2,1-3H3,(H,23,24,25,27)/t9-,12-,17?/m0/s1. The van der Waals surface area contributed by atoms with Gasteiger partial charge in [-0.15, -0.1) is 0 Å². The molecule has 4 rings (SSSR count). The number of aromatic nitrogens is 3. The molecular formula is C20H22ClFN6O4. The van der Waals surface area contributed by atoms with E-state index in [1.54, 1.807) is 19.1 Å². The van der Waals surface area contributed by atoms with Crippen LogP contribution in [0.3, 0.4) is 0 Å². The number of carbonyl (C=O) groups excluding carboxylic acids is 1. The summed E-state index contributed by atoms with van der Waals surface area (Å²) in [5.74, 6) is 0.998. The molecule has 0 bridgehead atoms. The van der Waals surface area contributed by atoms with Crippen LogP contribution in [0, 0.1) is 6.92 Å². The zero-order chi connectivity index (χ0) is 23.0. The van der Waals surface area contributed by atoms with Gasteiger partial charge in [-0.2, -0.15) is 15.0 Å². The summed E-state index contributed by atoms with van der Waals surface area (Å²) in [6.45, 7) is 2.60. The first-order valence-electron chi connectivity index (χ1n) is 9.85. The number of fused-ring (bicyclic) bond motifs is 1. The molecule has 2 aliphatic rings. The molecule has 1 aromatic carbocycles. The van der Waals surface area contributed by atoms with Gasteiger partial charge < -0.3 is 25.2 Å². The maximum atomic E-state index is 13.3. The Morgan fingerprint density at radius 2 is 2.22 bits per heavy atom. The Bertz CT molecular complexity index is 1080. The Morgan fingerprint density at radius 1 is 1.44 bits per heavy atom. The van der Waals surface area contributed by atoms with Gasteiger partial charge in [0.25, 0.3) is 0 Å². The maximum Gasteiger partial charge on any atom is 0.417 e. The summed E-state index contributed by atoms with van der Waals surface area (Å²) in [7, 11) is 1.52. The van der Waals surface area contributed by atoms with E-state index in [0.29, 0.717) is 27.9 Å². The number of aryl methyl sites for hydroxylation is 1. The van der Waals surface area contributed by atoms with E-state index in [4.69, 9.17) is 21.1 Å². The Morgan fingerprint density at radius 3 is 2.94 bits per heavy atom. The molecule has 170 valence electrons. The molecule has 1 saturated heterocycles. The van der Waals surface area contributed by atoms with E-state index in [1.165, 1.54) is 7.11 Å². The van der Waals surface area contributed by atoms with Gasteiger partial charge in [-0.05, 0) is 31.6 Å². The van der Waals surface area contributed by atoms with E-state index < -0.39 is 31.1 Å². The summed E-state index contributed by atoms with van der Waals surface area (Å²) in [4.78, 5) is 25.8. The van der Waals surface area contributed by atoms with Gasteiger partial charge in [-0.25, -0.2) is 14.1 Å². The number of anilines is 3. The number of nitrogens with one attached hydrogen (secondary N) is 2. The van der Waals surface area contributed by atoms with E-state index in [-0.39, 0.29) is 18.5 Å². The summed E-state index contributed by atoms with van der Waals surface area (Å²) in [5.41, 5.74) is 2.07. The number of hydrogen-bond acceptors (Lipinski definition) is 9. The van der Waals surface area contributed by atoms with Crippen molar-refractivity contribution in [1.29, 1.82) is 0 Å². The fourth-order valence-electron chi connectivity index (χ4n) is 3.56. The first-order chi connectivity index (χ1) is 15.3. The van der Waals surface area contributed by atoms with Gasteiger partial charge in [-0.3, -0.25) is 0 Å². The summed E-state index contributed by atoms with van der Waals surface area (Å²) >= 11 is 6.23. The van der Waals surface area contributed by atoms with E-state index in [0.717, 1.165) is 10.5 Å². The lowest BCUT2D eigenvalue weighted by molar-refractivity contribution is 0.177. The third-order valence-corrected chi connectivity index (χ3v) is 5.49. The minimum absolute atomic E-state index is 0.00197. The first kappa shape index (κ1) is 22.0. The van der Waals surface area contributed by atoms with Crippen molar-refractivity contribution in [3.63, 3.8) is 0 Å². The van der Waals surface area contributed by atoms with Crippen LogP contribution >= 0.6 is 11.6 Å². The number of hydrogen-bond donors (Lipinski definition) is 3. The number of rotatable bonds is 6. The topological polar surface area (TPSA) is 122 Å². The highest BCUT2D eigenvalue weighted by atomic mass is 35.5. The van der Waals surface area contributed by atoms with E-state index in [9.17, 15) is 14.3 Å². The van der Waals surface area contributed by atoms with Gasteiger partial charge in [0.05, 0.1) is 18.2 Å². The largest absolute Gasteiger partial charge is 0.495 e. The molecule has 1 amide bonds. The van der Waals surface area contributed by atoms with Crippen molar-refractivity contribution in [2.75, 3.05) is 35.9 Å². The van der Waals surface area contributed by atoms with Crippen LogP contribution in [0.1, 0.15) is 18.3 Å². The fraction of sp³-hybridized carbons (Fsp3) is 0.400. The number of benzene rings is 1. The lowest BCUT2D eigenvalue weighted by atomic mass is 9.98. The van der Waals surface area contributed by atoms with E-state index >= 15 is 0 Å². The Balaban J connectivity index is 1.60. The number of methoxy groups -OCH3 is 1. The maximum absolute atomic E-state index is 13.3. The second-order valence-corrected chi connectivity index (χ2v) is 7.80. The molecule has 0 aliphatic carbocycles. The fourth-order valence-corrected chi connectivity index (χ4v) is 3.81. The van der Waals surface area contributed by atoms with E-state index in [2.05, 4.69) is 25.6 Å². The second-order valence-electron chi connectivity index (χ2n) is 7.39. The molecule has 10 nitrogen and oxygen atoms in total. The molecule has 3 atom stereocenters. The molecule has 1 fully saturated rings. The Labute approximate surface area is 188 Å². The van der Waals surface area contributed by atoms with Crippen LogP contribution in [0.5, 0.6) is 5.75 Å². The summed E-state index contributed by atoms with van der Waals surface area (Å²) in [6, 6.07) is 2.25. The number of aliphatic hydroxyl groups excluding tert-OH is 1. The smallest absolute Gasteiger partial charge is 0.417 e. The van der Waals surface area contributed by atoms with Crippen molar-refractivity contribution < 1.29 is 23.8 Å². The predicted molar refractivity (Wildman–Crippen MR) is 117 cm³/mol. The van der Waals surface area contributed by atoms with Crippen LogP contribution in [0.4, 0.5) is 26.8 Å². The molecule has 3 N–H and O–H groups in total. The van der Waals surface area contributed by atoms with Gasteiger partial charge in [0.15, 0.2) is 0 Å². The van der Waals surface area contributed by atoms with Crippen molar-refractivity contribution in [1.82, 2.24) is 15.0 Å². The van der Waals surface area contributed by atoms with E-state index in [1.807, 2.05) is 13.0 Å². The lowest BCUT2D eigenvalue weighted by Crippen LogP contribution is -2.37. The minimum atomic E-state index is -0.984. The number of alkyl halides is 1. The number of cyclic esters (lactones) is 1. The quantitative estimate of drug-likeness (QED) is 0.592. The molecule has 0 spiro atoms. The van der Waals surface area contributed by atoms with Crippen molar-refractivity contribution in [3.8, 4) is 5.75 Å². The number of aliphatic hydroxyl groups is 1. The van der Waals surface area contributed by atoms with Crippen LogP contribution in [-0.2, 0) is 4.74 Å². The molecule has 12 heteroatoms. The van der Waals surface area contributed by atoms with Crippen molar-refractivity contribution >= 4 is 41.4 Å². The van der Waals surface area contributed by atoms with Crippen LogP contribution in [-0.4, -0.2) is 64.9 Å². The van der Waals surface area contributed by atoms with Crippen molar-refractivity contribution in [2.24, 2.45) is 0 Å². The number of ether oxygens (including phenoxy) is 2. The molecule has 3 heterocycles. The molecule has 2 aromatic rings. The zero-order valence-electron chi connectivity index (χ0n) is 17.6. The highest BCUT2D eigenvalue weighted by Gasteiger charge is 2.37. The SMILES string of the molecule is COc1cc2c(cc1Cl)C=C([C@H](C)Nc1nc(C)nc(N3C(=O)OC[C@@H]3CF)n1)C(O)N2. The number of carbonyl (C=O) groups is 1. The minimum Gasteiger partial charge on any atom is -0.495 e. The highest BCUT2D eigenvalue weighted by Crippen LogP contribution is 2.36. The van der Waals surface area contributed by atoms with Gasteiger partial charge in [0, 0.05) is 17.3 Å². The first-order valence-corrected chi connectivity index (χ1v) is 10.2. The summed E-state index contributed by atoms with van der Waals surface area (Å²) in [6.07, 6.45) is 0.115. The van der Waals surface area contributed by atoms with Gasteiger partial charge in [0.2, 0.25) is 11.9 Å². The van der Waals surface area contributed by atoms with Crippen LogP contribution in [0.25, 0.3) is 6.08 Å². The highest BCUT2D eigenvalue weighted by molar-refractivity contribution is 6.32. The lowest BCUT2D eigenvalue weighted by Gasteiger charge is -2.29. The van der Waals surface area contributed by atoms with Crippen LogP contribution in [0.15, 0.2) is 17.7 Å². The average Bonchev–Trinajstić information content (AvgIpc) is 3.13. The third kappa shape index (κ3) is 4.13. The van der Waals surface area contributed by atoms with Gasteiger partial charge in [-0.1, -0.05) is 11.6 Å².